The van der Waals surface area contributed by atoms with Crippen LogP contribution in [-0.2, 0) is 0 Å². The van der Waals surface area contributed by atoms with Crippen LogP contribution in [0.25, 0.3) is 0 Å². The molecule has 0 aliphatic carbocycles. The number of piperidine rings is 1. The molecule has 1 aliphatic heterocycles. The van der Waals surface area contributed by atoms with Crippen molar-refractivity contribution in [1.29, 1.82) is 0 Å². The Balaban J connectivity index is -0.000000403. The van der Waals surface area contributed by atoms with Crippen LogP contribution in [-0.4, -0.2) is 42.6 Å². The monoisotopic (exact) mass is 246 g/mol. The molecule has 0 amide bonds. The third kappa shape index (κ3) is 6.04. The Morgan fingerprint density at radius 3 is 1.86 bits per heavy atom. The molecule has 1 rings (SSSR count). The van der Waals surface area contributed by atoms with Crippen molar-refractivity contribution >= 4 is 24.8 Å². The van der Waals surface area contributed by atoms with Crippen LogP contribution in [0.1, 0.15) is 26.7 Å². The molecular formula is C9H24Cl2N2O. The first kappa shape index (κ1) is 19.9. The smallest absolute Gasteiger partial charge is 0.0119 e. The fraction of sp³-hybridized carbons (Fsp3) is 1.00. The van der Waals surface area contributed by atoms with Gasteiger partial charge >= 0.3 is 0 Å². The summed E-state index contributed by atoms with van der Waals surface area (Å²) in [5.74, 6) is 0. The maximum absolute atomic E-state index is 3.39. The van der Waals surface area contributed by atoms with E-state index in [0.717, 1.165) is 6.04 Å². The maximum atomic E-state index is 3.39. The average Bonchev–Trinajstić information content (AvgIpc) is 2.09. The Morgan fingerprint density at radius 1 is 1.07 bits per heavy atom. The molecule has 14 heavy (non-hydrogen) atoms. The minimum atomic E-state index is 0. The van der Waals surface area contributed by atoms with Gasteiger partial charge in [-0.25, -0.2) is 0 Å². The topological polar surface area (TPSA) is 46.8 Å². The van der Waals surface area contributed by atoms with Gasteiger partial charge in [-0.15, -0.1) is 24.8 Å². The second-order valence-corrected chi connectivity index (χ2v) is 3.20. The van der Waals surface area contributed by atoms with Gasteiger partial charge in [0, 0.05) is 6.04 Å². The van der Waals surface area contributed by atoms with E-state index in [1.165, 1.54) is 39.0 Å². The lowest BCUT2D eigenvalue weighted by atomic mass is 10.1. The summed E-state index contributed by atoms with van der Waals surface area (Å²) in [6.07, 6.45) is 2.67. The number of hydrogen-bond acceptors (Lipinski definition) is 2. The lowest BCUT2D eigenvalue weighted by molar-refractivity contribution is 0.178. The Kier molecular flexibility index (Phi) is 16.4. The first-order valence-corrected chi connectivity index (χ1v) is 4.83. The molecular weight excluding hydrogens is 223 g/mol. The van der Waals surface area contributed by atoms with Crippen molar-refractivity contribution in [3.8, 4) is 0 Å². The average molecular weight is 247 g/mol. The van der Waals surface area contributed by atoms with Crippen LogP contribution in [0.2, 0.25) is 0 Å². The van der Waals surface area contributed by atoms with Crippen molar-refractivity contribution in [1.82, 2.24) is 10.2 Å². The van der Waals surface area contributed by atoms with E-state index in [1.54, 1.807) is 0 Å². The fourth-order valence-electron chi connectivity index (χ4n) is 1.91. The lowest BCUT2D eigenvalue weighted by Crippen LogP contribution is -2.42. The predicted molar refractivity (Wildman–Crippen MR) is 66.9 cm³/mol. The van der Waals surface area contributed by atoms with E-state index in [0.29, 0.717) is 0 Å². The largest absolute Gasteiger partial charge is 0.412 e. The summed E-state index contributed by atoms with van der Waals surface area (Å²) in [6, 6.07) is 0.853. The van der Waals surface area contributed by atoms with Gasteiger partial charge < -0.3 is 15.7 Å². The fourth-order valence-corrected chi connectivity index (χ4v) is 1.91. The molecule has 0 spiro atoms. The molecule has 1 fully saturated rings. The van der Waals surface area contributed by atoms with Crippen molar-refractivity contribution in [3.63, 3.8) is 0 Å². The molecule has 0 bridgehead atoms. The molecule has 0 radical (unpaired) electrons. The highest BCUT2D eigenvalue weighted by molar-refractivity contribution is 5.85. The molecule has 3 nitrogen and oxygen atoms in total. The second kappa shape index (κ2) is 11.5. The van der Waals surface area contributed by atoms with Crippen LogP contribution in [0.3, 0.4) is 0 Å². The van der Waals surface area contributed by atoms with Crippen LogP contribution in [0.5, 0.6) is 0 Å². The van der Waals surface area contributed by atoms with E-state index in [2.05, 4.69) is 24.1 Å². The number of rotatable bonds is 3. The van der Waals surface area contributed by atoms with E-state index in [9.17, 15) is 0 Å². The highest BCUT2D eigenvalue weighted by Gasteiger charge is 2.17. The minimum absolute atomic E-state index is 0. The molecule has 0 saturated carbocycles. The zero-order valence-electron chi connectivity index (χ0n) is 9.08. The maximum Gasteiger partial charge on any atom is 0.0119 e. The third-order valence-corrected chi connectivity index (χ3v) is 2.64. The number of nitrogens with zero attached hydrogens (tertiary/aromatic N) is 1. The van der Waals surface area contributed by atoms with E-state index in [-0.39, 0.29) is 30.3 Å². The molecule has 1 aliphatic rings. The van der Waals surface area contributed by atoms with Crippen LogP contribution in [0, 0.1) is 0 Å². The molecule has 1 saturated heterocycles. The van der Waals surface area contributed by atoms with Crippen molar-refractivity contribution in [3.05, 3.63) is 0 Å². The van der Waals surface area contributed by atoms with E-state index < -0.39 is 0 Å². The molecule has 0 unspecified atom stereocenters. The molecule has 1 heterocycles. The molecule has 0 atom stereocenters. The van der Waals surface area contributed by atoms with E-state index in [1.807, 2.05) is 0 Å². The first-order chi connectivity index (χ1) is 5.38. The number of halogens is 2. The molecule has 0 aromatic rings. The predicted octanol–water partition coefficient (Wildman–Crippen LogP) is 1.10. The molecule has 5 heteroatoms. The normalized spacial score (nSPS) is 16.5. The van der Waals surface area contributed by atoms with Crippen LogP contribution in [0.15, 0.2) is 0 Å². The van der Waals surface area contributed by atoms with Crippen LogP contribution >= 0.6 is 24.8 Å². The van der Waals surface area contributed by atoms with Gasteiger partial charge in [0.2, 0.25) is 0 Å². The second-order valence-electron chi connectivity index (χ2n) is 3.20. The first-order valence-electron chi connectivity index (χ1n) is 4.83. The summed E-state index contributed by atoms with van der Waals surface area (Å²) in [5.41, 5.74) is 0. The quantitative estimate of drug-likeness (QED) is 0.811. The molecule has 3 N–H and O–H groups in total. The summed E-state index contributed by atoms with van der Waals surface area (Å²) in [6.45, 7) is 9.35. The van der Waals surface area contributed by atoms with Crippen molar-refractivity contribution in [2.24, 2.45) is 0 Å². The van der Waals surface area contributed by atoms with Gasteiger partial charge in [0.1, 0.15) is 0 Å². The van der Waals surface area contributed by atoms with Gasteiger partial charge in [-0.2, -0.15) is 0 Å². The van der Waals surface area contributed by atoms with Crippen LogP contribution in [0.4, 0.5) is 0 Å². The third-order valence-electron chi connectivity index (χ3n) is 2.64. The summed E-state index contributed by atoms with van der Waals surface area (Å²) in [5, 5.41) is 3.39. The number of nitrogens with one attached hydrogen (secondary N) is 1. The zero-order chi connectivity index (χ0) is 8.10. The summed E-state index contributed by atoms with van der Waals surface area (Å²) in [7, 11) is 0. The van der Waals surface area contributed by atoms with Crippen molar-refractivity contribution in [2.75, 3.05) is 26.2 Å². The Bertz CT molecular complexity index is 107. The summed E-state index contributed by atoms with van der Waals surface area (Å²) in [4.78, 5) is 2.57. The Hall–Kier alpha value is 0.460. The van der Waals surface area contributed by atoms with Gasteiger partial charge in [0.25, 0.3) is 0 Å². The van der Waals surface area contributed by atoms with Gasteiger partial charge in [0.15, 0.2) is 0 Å². The number of hydrogen-bond donors (Lipinski definition) is 1. The Labute approximate surface area is 99.7 Å². The lowest BCUT2D eigenvalue weighted by Gasteiger charge is -2.32. The molecule has 0 aromatic carbocycles. The van der Waals surface area contributed by atoms with Crippen molar-refractivity contribution in [2.45, 2.75) is 32.7 Å². The zero-order valence-corrected chi connectivity index (χ0v) is 10.7. The summed E-state index contributed by atoms with van der Waals surface area (Å²) < 4.78 is 0. The highest BCUT2D eigenvalue weighted by Crippen LogP contribution is 2.10. The van der Waals surface area contributed by atoms with E-state index >= 15 is 0 Å². The van der Waals surface area contributed by atoms with Crippen molar-refractivity contribution < 1.29 is 5.48 Å². The van der Waals surface area contributed by atoms with Gasteiger partial charge in [-0.1, -0.05) is 13.8 Å². The Morgan fingerprint density at radius 2 is 1.50 bits per heavy atom. The van der Waals surface area contributed by atoms with E-state index in [4.69, 9.17) is 0 Å². The molecule has 0 aromatic heterocycles. The van der Waals surface area contributed by atoms with Gasteiger partial charge in [-0.05, 0) is 39.0 Å². The SMILES string of the molecule is CCN(CC)C1CCNCC1.Cl.Cl.O. The molecule has 90 valence electrons. The standard InChI is InChI=1S/C9H20N2.2ClH.H2O/c1-3-11(4-2)9-5-7-10-8-6-9;;;/h9-10H,3-8H2,1-2H3;2*1H;1H2. The highest BCUT2D eigenvalue weighted by atomic mass is 35.5. The minimum Gasteiger partial charge on any atom is -0.412 e. The summed E-state index contributed by atoms with van der Waals surface area (Å²) >= 11 is 0. The van der Waals surface area contributed by atoms with Gasteiger partial charge in [-0.3, -0.25) is 0 Å². The van der Waals surface area contributed by atoms with Gasteiger partial charge in [0.05, 0.1) is 0 Å². The van der Waals surface area contributed by atoms with Crippen LogP contribution < -0.4 is 5.32 Å².